The summed E-state index contributed by atoms with van der Waals surface area (Å²) in [7, 11) is 0. The van der Waals surface area contributed by atoms with E-state index in [0.29, 0.717) is 41.9 Å². The molecule has 1 saturated heterocycles. The predicted octanol–water partition coefficient (Wildman–Crippen LogP) is 8.41. The fraction of sp³-hybridized carbons (Fsp3) is 0.333. The summed E-state index contributed by atoms with van der Waals surface area (Å²) in [6, 6.07) is 15.2. The Hall–Kier alpha value is -2.89. The second-order valence-corrected chi connectivity index (χ2v) is 9.02. The fourth-order valence-corrected chi connectivity index (χ4v) is 4.32. The highest BCUT2D eigenvalue weighted by atomic mass is 19.2. The average molecular weight is 481 g/mol. The van der Waals surface area contributed by atoms with E-state index in [9.17, 15) is 13.2 Å². The fourth-order valence-electron chi connectivity index (χ4n) is 4.32. The molecule has 1 aliphatic heterocycles. The molecule has 3 aromatic carbocycles. The lowest BCUT2D eigenvalue weighted by Crippen LogP contribution is -2.26. The molecule has 2 nitrogen and oxygen atoms in total. The van der Waals surface area contributed by atoms with Crippen LogP contribution < -0.4 is 0 Å². The van der Waals surface area contributed by atoms with E-state index in [1.807, 2.05) is 0 Å². The molecule has 35 heavy (non-hydrogen) atoms. The molecule has 0 radical (unpaired) electrons. The number of hydrogen-bond acceptors (Lipinski definition) is 2. The molecular weight excluding hydrogens is 449 g/mol. The third kappa shape index (κ3) is 5.85. The van der Waals surface area contributed by atoms with Crippen molar-refractivity contribution in [2.24, 2.45) is 5.92 Å². The van der Waals surface area contributed by atoms with Crippen molar-refractivity contribution >= 4 is 0 Å². The molecule has 0 bridgehead atoms. The maximum absolute atomic E-state index is 14.8. The highest BCUT2D eigenvalue weighted by Gasteiger charge is 2.24. The Labute approximate surface area is 205 Å². The number of hydrogen-bond donors (Lipinski definition) is 0. The number of benzene rings is 3. The summed E-state index contributed by atoms with van der Waals surface area (Å²) >= 11 is 0. The van der Waals surface area contributed by atoms with Crippen LogP contribution in [0.4, 0.5) is 13.2 Å². The van der Waals surface area contributed by atoms with Gasteiger partial charge in [-0.3, -0.25) is 0 Å². The van der Waals surface area contributed by atoms with Gasteiger partial charge in [0.25, 0.3) is 0 Å². The quantitative estimate of drug-likeness (QED) is 0.226. The van der Waals surface area contributed by atoms with Crippen LogP contribution in [0.15, 0.2) is 67.3 Å². The first-order valence-corrected chi connectivity index (χ1v) is 12.2. The number of unbranched alkanes of at least 4 members (excludes halogenated alkanes) is 3. The van der Waals surface area contributed by atoms with Crippen LogP contribution in [-0.2, 0) is 15.9 Å². The predicted molar refractivity (Wildman–Crippen MR) is 133 cm³/mol. The van der Waals surface area contributed by atoms with Gasteiger partial charge in [-0.1, -0.05) is 80.8 Å². The molecule has 3 aromatic rings. The topological polar surface area (TPSA) is 18.5 Å². The third-order valence-electron chi connectivity index (χ3n) is 6.50. The molecule has 1 fully saturated rings. The van der Waals surface area contributed by atoms with Gasteiger partial charge < -0.3 is 9.47 Å². The zero-order chi connectivity index (χ0) is 24.8. The van der Waals surface area contributed by atoms with Gasteiger partial charge in [0, 0.05) is 17.0 Å². The molecule has 0 spiro atoms. The zero-order valence-corrected chi connectivity index (χ0v) is 20.0. The van der Waals surface area contributed by atoms with Crippen LogP contribution in [0.1, 0.15) is 50.0 Å². The zero-order valence-electron chi connectivity index (χ0n) is 20.0. The van der Waals surface area contributed by atoms with E-state index in [1.165, 1.54) is 6.07 Å². The van der Waals surface area contributed by atoms with Crippen molar-refractivity contribution in [1.29, 1.82) is 0 Å². The van der Waals surface area contributed by atoms with E-state index in [4.69, 9.17) is 9.47 Å². The van der Waals surface area contributed by atoms with Crippen molar-refractivity contribution in [2.75, 3.05) is 13.2 Å². The SMILES string of the molecule is C=CC1COC(c2ccc(-c3ccc(-c4ccc(CCCCCC)c(F)c4F)cc3)cc2F)OC1. The van der Waals surface area contributed by atoms with Crippen LogP contribution in [-0.4, -0.2) is 13.2 Å². The van der Waals surface area contributed by atoms with Crippen LogP contribution in [0.2, 0.25) is 0 Å². The second kappa shape index (κ2) is 11.7. The van der Waals surface area contributed by atoms with Crippen LogP contribution in [0.5, 0.6) is 0 Å². The van der Waals surface area contributed by atoms with Crippen molar-refractivity contribution < 1.29 is 22.6 Å². The molecule has 1 heterocycles. The molecule has 4 rings (SSSR count). The molecule has 184 valence electrons. The van der Waals surface area contributed by atoms with Crippen LogP contribution in [0.3, 0.4) is 0 Å². The molecule has 0 amide bonds. The van der Waals surface area contributed by atoms with E-state index < -0.39 is 23.7 Å². The first kappa shape index (κ1) is 25.2. The van der Waals surface area contributed by atoms with Gasteiger partial charge in [0.15, 0.2) is 17.9 Å². The number of ether oxygens (including phenoxy) is 2. The highest BCUT2D eigenvalue weighted by Crippen LogP contribution is 2.32. The summed E-state index contributed by atoms with van der Waals surface area (Å²) < 4.78 is 55.5. The van der Waals surface area contributed by atoms with Crippen molar-refractivity contribution in [3.63, 3.8) is 0 Å². The van der Waals surface area contributed by atoms with Gasteiger partial charge in [0.2, 0.25) is 0 Å². The Morgan fingerprint density at radius 1 is 0.829 bits per heavy atom. The molecule has 0 N–H and O–H groups in total. The van der Waals surface area contributed by atoms with Crippen molar-refractivity contribution in [2.45, 2.75) is 45.3 Å². The van der Waals surface area contributed by atoms with Gasteiger partial charge in [-0.15, -0.1) is 6.58 Å². The molecule has 0 unspecified atom stereocenters. The Balaban J connectivity index is 1.48. The number of halogens is 3. The Bertz CT molecular complexity index is 1150. The van der Waals surface area contributed by atoms with E-state index in [2.05, 4.69) is 13.5 Å². The van der Waals surface area contributed by atoms with Gasteiger partial charge in [0.1, 0.15) is 5.82 Å². The molecule has 1 aliphatic rings. The lowest BCUT2D eigenvalue weighted by atomic mass is 9.97. The normalized spacial score (nSPS) is 17.9. The maximum Gasteiger partial charge on any atom is 0.186 e. The van der Waals surface area contributed by atoms with E-state index in [1.54, 1.807) is 54.6 Å². The van der Waals surface area contributed by atoms with Crippen LogP contribution in [0, 0.1) is 23.4 Å². The van der Waals surface area contributed by atoms with E-state index in [0.717, 1.165) is 31.2 Å². The molecule has 0 atom stereocenters. The summed E-state index contributed by atoms with van der Waals surface area (Å²) in [5, 5.41) is 0. The smallest absolute Gasteiger partial charge is 0.186 e. The lowest BCUT2D eigenvalue weighted by molar-refractivity contribution is -0.198. The van der Waals surface area contributed by atoms with Crippen molar-refractivity contribution in [3.8, 4) is 22.3 Å². The number of aryl methyl sites for hydroxylation is 1. The van der Waals surface area contributed by atoms with Gasteiger partial charge in [-0.2, -0.15) is 0 Å². The summed E-state index contributed by atoms with van der Waals surface area (Å²) in [5.74, 6) is -1.91. The van der Waals surface area contributed by atoms with Crippen LogP contribution >= 0.6 is 0 Å². The minimum atomic E-state index is -0.827. The van der Waals surface area contributed by atoms with Crippen molar-refractivity contribution in [1.82, 2.24) is 0 Å². The van der Waals surface area contributed by atoms with Gasteiger partial charge in [0.05, 0.1) is 13.2 Å². The second-order valence-electron chi connectivity index (χ2n) is 9.02. The summed E-state index contributed by atoms with van der Waals surface area (Å²) in [5.41, 5.74) is 3.00. The van der Waals surface area contributed by atoms with Crippen LogP contribution in [0.25, 0.3) is 22.3 Å². The molecule has 0 saturated carbocycles. The van der Waals surface area contributed by atoms with Gasteiger partial charge >= 0.3 is 0 Å². The highest BCUT2D eigenvalue weighted by molar-refractivity contribution is 5.71. The van der Waals surface area contributed by atoms with Gasteiger partial charge in [-0.05, 0) is 41.2 Å². The molecule has 5 heteroatoms. The summed E-state index contributed by atoms with van der Waals surface area (Å²) in [6.07, 6.45) is 5.62. The standard InChI is InChI=1S/C30H31F3O2/c1-3-5-6-7-8-23-13-15-25(29(33)28(23)32)22-11-9-21(10-12-22)24-14-16-26(27(31)17-24)30-34-18-20(4-2)19-35-30/h4,9-17,20,30H,2-3,5-8,18-19H2,1H3. The van der Waals surface area contributed by atoms with Crippen molar-refractivity contribution in [3.05, 3.63) is 95.8 Å². The molecule has 0 aliphatic carbocycles. The summed E-state index contributed by atoms with van der Waals surface area (Å²) in [4.78, 5) is 0. The molecular formula is C30H31F3O2. The Kier molecular flexibility index (Phi) is 8.42. The number of rotatable bonds is 9. The Morgan fingerprint density at radius 2 is 1.51 bits per heavy atom. The molecule has 0 aromatic heterocycles. The minimum Gasteiger partial charge on any atom is -0.348 e. The largest absolute Gasteiger partial charge is 0.348 e. The van der Waals surface area contributed by atoms with E-state index >= 15 is 0 Å². The lowest BCUT2D eigenvalue weighted by Gasteiger charge is -2.28. The third-order valence-corrected chi connectivity index (χ3v) is 6.50. The maximum atomic E-state index is 14.8. The minimum absolute atomic E-state index is 0.104. The van der Waals surface area contributed by atoms with Gasteiger partial charge in [-0.25, -0.2) is 13.2 Å². The Morgan fingerprint density at radius 3 is 2.17 bits per heavy atom. The monoisotopic (exact) mass is 480 g/mol. The van der Waals surface area contributed by atoms with E-state index in [-0.39, 0.29) is 11.5 Å². The first-order chi connectivity index (χ1) is 17.0. The average Bonchev–Trinajstić information content (AvgIpc) is 2.89. The summed E-state index contributed by atoms with van der Waals surface area (Å²) in [6.45, 7) is 6.72. The first-order valence-electron chi connectivity index (χ1n) is 12.2.